The molecule has 0 aliphatic rings. The van der Waals surface area contributed by atoms with Crippen molar-refractivity contribution in [2.45, 2.75) is 13.8 Å². The van der Waals surface area contributed by atoms with Gasteiger partial charge in [0.1, 0.15) is 18.9 Å². The Hall–Kier alpha value is -2.07. The molecule has 0 bridgehead atoms. The van der Waals surface area contributed by atoms with Crippen LogP contribution in [-0.2, 0) is 0 Å². The average molecular weight is 287 g/mol. The molecule has 4 nitrogen and oxygen atoms in total. The van der Waals surface area contributed by atoms with Gasteiger partial charge in [0.05, 0.1) is 19.1 Å². The fourth-order valence-corrected chi connectivity index (χ4v) is 2.49. The topological polar surface area (TPSA) is 53.8 Å². The van der Waals surface area contributed by atoms with E-state index in [0.29, 0.717) is 17.7 Å². The number of likely N-dealkylation sites (N-methyl/N-ethyl adjacent to an activating group) is 1. The Morgan fingerprint density at radius 1 is 1.14 bits per heavy atom. The average Bonchev–Trinajstić information content (AvgIpc) is 2.50. The van der Waals surface area contributed by atoms with Crippen LogP contribution in [0.3, 0.4) is 0 Å². The highest BCUT2D eigenvalue weighted by Gasteiger charge is 2.11. The summed E-state index contributed by atoms with van der Waals surface area (Å²) in [6.45, 7) is 7.67. The van der Waals surface area contributed by atoms with E-state index < -0.39 is 5.97 Å². The van der Waals surface area contributed by atoms with Gasteiger partial charge < -0.3 is 19.5 Å². The number of rotatable bonds is 7. The van der Waals surface area contributed by atoms with Crippen molar-refractivity contribution in [1.29, 1.82) is 0 Å². The number of carboxylic acid groups (broad SMARTS) is 1. The molecule has 0 amide bonds. The highest BCUT2D eigenvalue weighted by Crippen LogP contribution is 2.27. The number of nitrogens with one attached hydrogen (secondary N) is 1. The van der Waals surface area contributed by atoms with E-state index >= 15 is 0 Å². The summed E-state index contributed by atoms with van der Waals surface area (Å²) in [6, 6.07) is 10.9. The third-order valence-corrected chi connectivity index (χ3v) is 3.81. The summed E-state index contributed by atoms with van der Waals surface area (Å²) in [6.07, 6.45) is 0. The molecular weight excluding hydrogens is 266 g/mol. The molecule has 21 heavy (non-hydrogen) atoms. The van der Waals surface area contributed by atoms with Crippen LogP contribution in [0, 0.1) is 0 Å². The van der Waals surface area contributed by atoms with E-state index in [-0.39, 0.29) is 5.56 Å². The maximum atomic E-state index is 11.4. The summed E-state index contributed by atoms with van der Waals surface area (Å²) in [5, 5.41) is 13.0. The molecule has 0 aliphatic carbocycles. The predicted molar refractivity (Wildman–Crippen MR) is 80.7 cm³/mol. The number of hydrogen-bond donors (Lipinski definition) is 1. The maximum absolute atomic E-state index is 11.4. The third-order valence-electron chi connectivity index (χ3n) is 3.81. The van der Waals surface area contributed by atoms with E-state index in [9.17, 15) is 9.90 Å². The number of fused-ring (bicyclic) bond motifs is 1. The van der Waals surface area contributed by atoms with Crippen molar-refractivity contribution in [2.75, 3.05) is 26.2 Å². The van der Waals surface area contributed by atoms with Crippen LogP contribution in [-0.4, -0.2) is 32.2 Å². The molecular formula is C17H21NO3. The minimum Gasteiger partial charge on any atom is -0.545 e. The van der Waals surface area contributed by atoms with E-state index in [1.807, 2.05) is 24.3 Å². The molecule has 0 aliphatic heterocycles. The van der Waals surface area contributed by atoms with Crippen molar-refractivity contribution in [2.24, 2.45) is 0 Å². The first-order valence-electron chi connectivity index (χ1n) is 7.36. The molecule has 2 aromatic rings. The molecule has 0 unspecified atom stereocenters. The first kappa shape index (κ1) is 15.3. The van der Waals surface area contributed by atoms with Crippen LogP contribution in [0.15, 0.2) is 36.4 Å². The highest BCUT2D eigenvalue weighted by atomic mass is 16.5. The Morgan fingerprint density at radius 3 is 2.52 bits per heavy atom. The zero-order valence-electron chi connectivity index (χ0n) is 12.5. The lowest BCUT2D eigenvalue weighted by Gasteiger charge is -2.18. The number of hydrogen-bond acceptors (Lipinski definition) is 3. The van der Waals surface area contributed by atoms with Gasteiger partial charge in [-0.3, -0.25) is 0 Å². The van der Waals surface area contributed by atoms with Crippen molar-refractivity contribution >= 4 is 16.7 Å². The van der Waals surface area contributed by atoms with Crippen molar-refractivity contribution in [3.8, 4) is 5.75 Å². The molecule has 1 N–H and O–H groups in total. The van der Waals surface area contributed by atoms with Crippen molar-refractivity contribution in [1.82, 2.24) is 0 Å². The lowest BCUT2D eigenvalue weighted by Crippen LogP contribution is -3.12. The fourth-order valence-electron chi connectivity index (χ4n) is 2.49. The largest absolute Gasteiger partial charge is 0.545 e. The van der Waals surface area contributed by atoms with Crippen LogP contribution in [0.5, 0.6) is 5.75 Å². The molecule has 0 radical (unpaired) electrons. The van der Waals surface area contributed by atoms with Crippen molar-refractivity contribution in [3.63, 3.8) is 0 Å². The second-order valence-electron chi connectivity index (χ2n) is 5.00. The number of carboxylic acids is 1. The Labute approximate surface area is 124 Å². The van der Waals surface area contributed by atoms with Gasteiger partial charge in [0.2, 0.25) is 0 Å². The third kappa shape index (κ3) is 3.52. The minimum absolute atomic E-state index is 0.141. The van der Waals surface area contributed by atoms with E-state index in [0.717, 1.165) is 25.0 Å². The number of quaternary nitrogens is 1. The number of carbonyl (C=O) groups excluding carboxylic acids is 1. The van der Waals surface area contributed by atoms with Crippen molar-refractivity contribution in [3.05, 3.63) is 42.0 Å². The van der Waals surface area contributed by atoms with Crippen LogP contribution in [0.1, 0.15) is 24.2 Å². The smallest absolute Gasteiger partial charge is 0.137 e. The van der Waals surface area contributed by atoms with E-state index in [1.165, 1.54) is 4.90 Å². The van der Waals surface area contributed by atoms with Crippen LogP contribution in [0.4, 0.5) is 0 Å². The summed E-state index contributed by atoms with van der Waals surface area (Å²) in [4.78, 5) is 12.9. The van der Waals surface area contributed by atoms with Gasteiger partial charge in [-0.25, -0.2) is 0 Å². The van der Waals surface area contributed by atoms with E-state index in [1.54, 1.807) is 12.1 Å². The van der Waals surface area contributed by atoms with Crippen LogP contribution < -0.4 is 14.7 Å². The Bertz CT molecular complexity index is 620. The summed E-state index contributed by atoms with van der Waals surface area (Å²) in [5.74, 6) is -0.808. The molecule has 0 aromatic heterocycles. The van der Waals surface area contributed by atoms with Crippen LogP contribution in [0.2, 0.25) is 0 Å². The van der Waals surface area contributed by atoms with Crippen LogP contribution >= 0.6 is 0 Å². The number of carbonyl (C=O) groups is 1. The van der Waals surface area contributed by atoms with Gasteiger partial charge in [0.25, 0.3) is 0 Å². The van der Waals surface area contributed by atoms with Gasteiger partial charge in [0.15, 0.2) is 0 Å². The summed E-state index contributed by atoms with van der Waals surface area (Å²) in [7, 11) is 0. The second kappa shape index (κ2) is 7.09. The molecule has 0 spiro atoms. The number of ether oxygens (including phenoxy) is 1. The minimum atomic E-state index is -1.20. The van der Waals surface area contributed by atoms with Gasteiger partial charge >= 0.3 is 0 Å². The standard InChI is InChI=1S/C17H21NO3/c1-3-18(4-2)11-12-21-15-10-9-13-7-5-6-8-14(13)16(15)17(19)20/h5-10H,3-4,11-12H2,1-2H3,(H,19,20). The quantitative estimate of drug-likeness (QED) is 0.807. The molecule has 0 heterocycles. The molecule has 0 fully saturated rings. The van der Waals surface area contributed by atoms with Gasteiger partial charge in [-0.1, -0.05) is 30.3 Å². The Balaban J connectivity index is 2.23. The monoisotopic (exact) mass is 287 g/mol. The maximum Gasteiger partial charge on any atom is 0.137 e. The molecule has 0 atom stereocenters. The summed E-state index contributed by atoms with van der Waals surface area (Å²) >= 11 is 0. The lowest BCUT2D eigenvalue weighted by atomic mass is 10.0. The normalized spacial score (nSPS) is 11.0. The molecule has 2 rings (SSSR count). The first-order valence-corrected chi connectivity index (χ1v) is 7.36. The Kier molecular flexibility index (Phi) is 5.17. The molecule has 0 saturated carbocycles. The van der Waals surface area contributed by atoms with Gasteiger partial charge in [-0.15, -0.1) is 0 Å². The van der Waals surface area contributed by atoms with Gasteiger partial charge in [0, 0.05) is 5.56 Å². The lowest BCUT2D eigenvalue weighted by molar-refractivity contribution is -0.896. The summed E-state index contributed by atoms with van der Waals surface area (Å²) < 4.78 is 5.70. The highest BCUT2D eigenvalue weighted by molar-refractivity contribution is 6.05. The zero-order chi connectivity index (χ0) is 15.2. The first-order chi connectivity index (χ1) is 10.2. The van der Waals surface area contributed by atoms with E-state index in [4.69, 9.17) is 4.74 Å². The zero-order valence-corrected chi connectivity index (χ0v) is 12.5. The molecule has 112 valence electrons. The van der Waals surface area contributed by atoms with Gasteiger partial charge in [-0.2, -0.15) is 0 Å². The molecule has 2 aromatic carbocycles. The van der Waals surface area contributed by atoms with Crippen molar-refractivity contribution < 1.29 is 19.5 Å². The van der Waals surface area contributed by atoms with Gasteiger partial charge in [-0.05, 0) is 30.7 Å². The molecule has 0 saturated heterocycles. The molecule has 4 heteroatoms. The predicted octanol–water partition coefficient (Wildman–Crippen LogP) is 0.507. The van der Waals surface area contributed by atoms with Crippen LogP contribution in [0.25, 0.3) is 10.8 Å². The fraction of sp³-hybridized carbons (Fsp3) is 0.353. The second-order valence-corrected chi connectivity index (χ2v) is 5.00. The number of aromatic carboxylic acids is 1. The van der Waals surface area contributed by atoms with E-state index in [2.05, 4.69) is 13.8 Å². The SMILES string of the molecule is CC[NH+](CC)CCOc1ccc2ccccc2c1C(=O)[O-]. The summed E-state index contributed by atoms with van der Waals surface area (Å²) in [5.41, 5.74) is 0.141. The Morgan fingerprint density at radius 2 is 1.86 bits per heavy atom. The number of benzene rings is 2.